The highest BCUT2D eigenvalue weighted by Crippen LogP contribution is 2.25. The average molecular weight is 462 g/mol. The maximum absolute atomic E-state index is 12.8. The van der Waals surface area contributed by atoms with E-state index in [4.69, 9.17) is 11.6 Å². The molecule has 1 saturated carbocycles. The largest absolute Gasteiger partial charge is 0.298 e. The monoisotopic (exact) mass is 461 g/mol. The van der Waals surface area contributed by atoms with Crippen LogP contribution < -0.4 is 10.0 Å². The van der Waals surface area contributed by atoms with E-state index in [1.807, 2.05) is 24.3 Å². The summed E-state index contributed by atoms with van der Waals surface area (Å²) in [4.78, 5) is 18.1. The van der Waals surface area contributed by atoms with Crippen molar-refractivity contribution in [3.05, 3.63) is 75.3 Å². The number of rotatable bonds is 7. The molecule has 1 amide bonds. The topological polar surface area (TPSA) is 88.2 Å². The van der Waals surface area contributed by atoms with Crippen LogP contribution in [0.4, 0.5) is 5.13 Å². The van der Waals surface area contributed by atoms with E-state index in [1.165, 1.54) is 23.5 Å². The third kappa shape index (κ3) is 5.07. The smallest absolute Gasteiger partial charge is 0.257 e. The van der Waals surface area contributed by atoms with Gasteiger partial charge < -0.3 is 0 Å². The number of nitrogens with zero attached hydrogens (tertiary/aromatic N) is 1. The summed E-state index contributed by atoms with van der Waals surface area (Å²) in [6.07, 6.45) is 4.07. The van der Waals surface area contributed by atoms with Crippen LogP contribution in [0.1, 0.15) is 39.2 Å². The zero-order valence-corrected chi connectivity index (χ0v) is 18.6. The second-order valence-corrected chi connectivity index (χ2v) is 10.5. The zero-order valence-electron chi connectivity index (χ0n) is 16.2. The standard InChI is InChI=1S/C21H20ClN3O3S2/c1-13-5-8-18(30(27,28)25-16-6-7-16)11-19(13)20(26)24-21-23-12-17(29-21)10-14-3-2-4-15(22)9-14/h2-5,8-9,11-12,16,25H,6-7,10H2,1H3,(H,23,24,26). The van der Waals surface area contributed by atoms with Crippen LogP contribution >= 0.6 is 22.9 Å². The summed E-state index contributed by atoms with van der Waals surface area (Å²) in [5.74, 6) is -0.389. The predicted octanol–water partition coefficient (Wildman–Crippen LogP) is 4.39. The van der Waals surface area contributed by atoms with Gasteiger partial charge in [-0.25, -0.2) is 18.1 Å². The minimum absolute atomic E-state index is 0.00168. The molecule has 6 nitrogen and oxygen atoms in total. The number of hydrogen-bond acceptors (Lipinski definition) is 5. The second-order valence-electron chi connectivity index (χ2n) is 7.26. The van der Waals surface area contributed by atoms with Gasteiger partial charge in [0.05, 0.1) is 4.90 Å². The van der Waals surface area contributed by atoms with Crippen LogP contribution in [0.25, 0.3) is 0 Å². The highest BCUT2D eigenvalue weighted by molar-refractivity contribution is 7.89. The average Bonchev–Trinajstić information content (AvgIpc) is 3.38. The minimum atomic E-state index is -3.63. The molecule has 156 valence electrons. The van der Waals surface area contributed by atoms with Gasteiger partial charge in [0, 0.05) is 34.1 Å². The first-order chi connectivity index (χ1) is 14.3. The van der Waals surface area contributed by atoms with E-state index < -0.39 is 10.0 Å². The molecule has 1 aliphatic carbocycles. The molecule has 0 aliphatic heterocycles. The van der Waals surface area contributed by atoms with Gasteiger partial charge >= 0.3 is 0 Å². The Morgan fingerprint density at radius 2 is 2.03 bits per heavy atom. The van der Waals surface area contributed by atoms with Crippen molar-refractivity contribution in [3.8, 4) is 0 Å². The first kappa shape index (κ1) is 21.0. The summed E-state index contributed by atoms with van der Waals surface area (Å²) >= 11 is 7.40. The van der Waals surface area contributed by atoms with Crippen molar-refractivity contribution in [1.82, 2.24) is 9.71 Å². The van der Waals surface area contributed by atoms with Crippen molar-refractivity contribution in [2.24, 2.45) is 0 Å². The molecule has 30 heavy (non-hydrogen) atoms. The molecule has 1 heterocycles. The van der Waals surface area contributed by atoms with Gasteiger partial charge in [-0.05, 0) is 55.2 Å². The molecule has 0 spiro atoms. The lowest BCUT2D eigenvalue weighted by molar-refractivity contribution is 0.102. The summed E-state index contributed by atoms with van der Waals surface area (Å²) in [6.45, 7) is 1.77. The first-order valence-electron chi connectivity index (χ1n) is 9.44. The number of aromatic nitrogens is 1. The number of carbonyl (C=O) groups excluding carboxylic acids is 1. The maximum Gasteiger partial charge on any atom is 0.257 e. The third-order valence-electron chi connectivity index (χ3n) is 4.70. The minimum Gasteiger partial charge on any atom is -0.298 e. The van der Waals surface area contributed by atoms with Crippen molar-refractivity contribution >= 4 is 44.0 Å². The van der Waals surface area contributed by atoms with E-state index in [1.54, 1.807) is 19.2 Å². The Morgan fingerprint density at radius 1 is 1.23 bits per heavy atom. The van der Waals surface area contributed by atoms with Crippen molar-refractivity contribution in [1.29, 1.82) is 0 Å². The first-order valence-corrected chi connectivity index (χ1v) is 12.1. The number of benzene rings is 2. The molecule has 0 radical (unpaired) electrons. The van der Waals surface area contributed by atoms with Gasteiger partial charge in [-0.3, -0.25) is 10.1 Å². The third-order valence-corrected chi connectivity index (χ3v) is 7.37. The molecule has 1 aliphatic rings. The second kappa shape index (κ2) is 8.47. The van der Waals surface area contributed by atoms with Crippen molar-refractivity contribution in [2.45, 2.75) is 37.1 Å². The lowest BCUT2D eigenvalue weighted by atomic mass is 10.1. The molecule has 4 rings (SSSR count). The number of thiazole rings is 1. The number of sulfonamides is 1. The molecular weight excluding hydrogens is 442 g/mol. The summed E-state index contributed by atoms with van der Waals surface area (Å²) < 4.78 is 27.6. The summed E-state index contributed by atoms with van der Waals surface area (Å²) in [5.41, 5.74) is 2.05. The van der Waals surface area contributed by atoms with Crippen LogP contribution in [0.15, 0.2) is 53.6 Å². The summed E-state index contributed by atoms with van der Waals surface area (Å²) in [5, 5.41) is 3.91. The Balaban J connectivity index is 1.49. The maximum atomic E-state index is 12.8. The molecule has 0 unspecified atom stereocenters. The summed E-state index contributed by atoms with van der Waals surface area (Å²) in [6, 6.07) is 12.2. The van der Waals surface area contributed by atoms with Gasteiger partial charge in [-0.2, -0.15) is 0 Å². The van der Waals surface area contributed by atoms with Gasteiger partial charge in [-0.1, -0.05) is 29.8 Å². The zero-order chi connectivity index (χ0) is 21.3. The Hall–Kier alpha value is -2.26. The lowest BCUT2D eigenvalue weighted by Crippen LogP contribution is -2.26. The Labute approximate surface area is 184 Å². The van der Waals surface area contributed by atoms with Crippen LogP contribution in [0.3, 0.4) is 0 Å². The molecule has 2 N–H and O–H groups in total. The van der Waals surface area contributed by atoms with Gasteiger partial charge in [0.1, 0.15) is 0 Å². The Bertz CT molecular complexity index is 1200. The van der Waals surface area contributed by atoms with Crippen LogP contribution in [0.2, 0.25) is 5.02 Å². The number of carbonyl (C=O) groups is 1. The molecule has 1 aromatic heterocycles. The van der Waals surface area contributed by atoms with E-state index in [9.17, 15) is 13.2 Å². The fraction of sp³-hybridized carbons (Fsp3) is 0.238. The van der Waals surface area contributed by atoms with Crippen LogP contribution in [0.5, 0.6) is 0 Å². The lowest BCUT2D eigenvalue weighted by Gasteiger charge is -2.10. The van der Waals surface area contributed by atoms with Crippen molar-refractivity contribution in [3.63, 3.8) is 0 Å². The Kier molecular flexibility index (Phi) is 5.92. The highest BCUT2D eigenvalue weighted by atomic mass is 35.5. The number of hydrogen-bond donors (Lipinski definition) is 2. The van der Waals surface area contributed by atoms with E-state index in [0.717, 1.165) is 23.3 Å². The molecule has 0 bridgehead atoms. The molecular formula is C21H20ClN3O3S2. The molecule has 1 fully saturated rings. The Morgan fingerprint density at radius 3 is 2.77 bits per heavy atom. The van der Waals surface area contributed by atoms with Gasteiger partial charge in [0.15, 0.2) is 5.13 Å². The molecule has 0 saturated heterocycles. The van der Waals surface area contributed by atoms with Crippen LogP contribution in [-0.4, -0.2) is 25.4 Å². The number of halogens is 1. The van der Waals surface area contributed by atoms with Crippen molar-refractivity contribution in [2.75, 3.05) is 5.32 Å². The molecule has 0 atom stereocenters. The highest BCUT2D eigenvalue weighted by Gasteiger charge is 2.28. The molecule has 2 aromatic carbocycles. The van der Waals surface area contributed by atoms with E-state index in [2.05, 4.69) is 15.0 Å². The quantitative estimate of drug-likeness (QED) is 0.546. The van der Waals surface area contributed by atoms with Crippen molar-refractivity contribution < 1.29 is 13.2 Å². The number of anilines is 1. The normalized spacial score (nSPS) is 13.9. The van der Waals surface area contributed by atoms with Gasteiger partial charge in [0.25, 0.3) is 5.91 Å². The van der Waals surface area contributed by atoms with E-state index in [0.29, 0.717) is 27.7 Å². The van der Waals surface area contributed by atoms with Crippen LogP contribution in [-0.2, 0) is 16.4 Å². The predicted molar refractivity (Wildman–Crippen MR) is 119 cm³/mol. The number of aryl methyl sites for hydroxylation is 1. The van der Waals surface area contributed by atoms with Crippen LogP contribution in [0, 0.1) is 6.92 Å². The summed E-state index contributed by atoms with van der Waals surface area (Å²) in [7, 11) is -3.63. The molecule has 9 heteroatoms. The van der Waals surface area contributed by atoms with Gasteiger partial charge in [0.2, 0.25) is 10.0 Å². The molecule has 3 aromatic rings. The SMILES string of the molecule is Cc1ccc(S(=O)(=O)NC2CC2)cc1C(=O)Nc1ncc(Cc2cccc(Cl)c2)s1. The van der Waals surface area contributed by atoms with E-state index >= 15 is 0 Å². The van der Waals surface area contributed by atoms with E-state index in [-0.39, 0.29) is 16.8 Å². The fourth-order valence-electron chi connectivity index (χ4n) is 2.96. The van der Waals surface area contributed by atoms with Gasteiger partial charge in [-0.15, -0.1) is 11.3 Å². The number of nitrogens with one attached hydrogen (secondary N) is 2. The fourth-order valence-corrected chi connectivity index (χ4v) is 5.35. The number of amides is 1.